The van der Waals surface area contributed by atoms with E-state index in [9.17, 15) is 13.2 Å². The van der Waals surface area contributed by atoms with Gasteiger partial charge in [-0.2, -0.15) is 13.2 Å². The molecule has 0 saturated carbocycles. The average molecular weight is 304 g/mol. The van der Waals surface area contributed by atoms with Gasteiger partial charge in [-0.05, 0) is 18.9 Å². The largest absolute Gasteiger partial charge is 0.411 e. The van der Waals surface area contributed by atoms with Gasteiger partial charge in [0.2, 0.25) is 0 Å². The summed E-state index contributed by atoms with van der Waals surface area (Å²) in [5.41, 5.74) is 0. The van der Waals surface area contributed by atoms with Crippen molar-refractivity contribution < 1.29 is 17.9 Å². The van der Waals surface area contributed by atoms with Gasteiger partial charge in [-0.3, -0.25) is 4.90 Å². The van der Waals surface area contributed by atoms with Crippen molar-refractivity contribution in [2.45, 2.75) is 24.3 Å². The molecule has 1 saturated heterocycles. The summed E-state index contributed by atoms with van der Waals surface area (Å²) in [7, 11) is 0. The number of alkyl halides is 4. The molecule has 0 radical (unpaired) electrons. The third kappa shape index (κ3) is 5.50. The van der Waals surface area contributed by atoms with E-state index in [-0.39, 0.29) is 6.61 Å². The maximum atomic E-state index is 11.8. The van der Waals surface area contributed by atoms with E-state index in [1.165, 1.54) is 0 Å². The van der Waals surface area contributed by atoms with E-state index in [1.807, 2.05) is 0 Å². The normalized spacial score (nSPS) is 28.3. The fourth-order valence-corrected chi connectivity index (χ4v) is 2.34. The summed E-state index contributed by atoms with van der Waals surface area (Å²) in [6, 6.07) is 0. The highest BCUT2D eigenvalue weighted by Gasteiger charge is 2.28. The van der Waals surface area contributed by atoms with Crippen LogP contribution in [-0.4, -0.2) is 48.8 Å². The number of halogens is 4. The van der Waals surface area contributed by atoms with E-state index in [2.05, 4.69) is 32.5 Å². The highest BCUT2D eigenvalue weighted by Crippen LogP contribution is 2.23. The van der Waals surface area contributed by atoms with Crippen LogP contribution in [0, 0.1) is 5.92 Å². The van der Waals surface area contributed by atoms with Crippen LogP contribution in [0.25, 0.3) is 0 Å². The first-order valence-corrected chi connectivity index (χ1v) is 6.31. The van der Waals surface area contributed by atoms with Crippen LogP contribution in [0.3, 0.4) is 0 Å². The molecular weight excluding hydrogens is 287 g/mol. The van der Waals surface area contributed by atoms with Gasteiger partial charge in [0.15, 0.2) is 0 Å². The second-order valence-corrected chi connectivity index (χ2v) is 5.43. The van der Waals surface area contributed by atoms with Crippen molar-refractivity contribution in [2.75, 3.05) is 32.8 Å². The first-order valence-electron chi connectivity index (χ1n) is 5.39. The highest BCUT2D eigenvalue weighted by atomic mass is 79.9. The first-order chi connectivity index (χ1) is 7.38. The van der Waals surface area contributed by atoms with Gasteiger partial charge in [-0.1, -0.05) is 22.9 Å². The molecular formula is C10H17BrF3NO. The minimum atomic E-state index is -4.21. The Morgan fingerprint density at radius 3 is 2.69 bits per heavy atom. The molecule has 6 heteroatoms. The van der Waals surface area contributed by atoms with Crippen molar-refractivity contribution >= 4 is 15.9 Å². The van der Waals surface area contributed by atoms with Crippen LogP contribution < -0.4 is 0 Å². The molecule has 1 aliphatic rings. The summed E-state index contributed by atoms with van der Waals surface area (Å²) < 4.78 is 39.9. The van der Waals surface area contributed by atoms with Crippen LogP contribution in [0.5, 0.6) is 0 Å². The van der Waals surface area contributed by atoms with Crippen molar-refractivity contribution in [2.24, 2.45) is 5.92 Å². The first kappa shape index (κ1) is 14.3. The zero-order chi connectivity index (χ0) is 12.2. The quantitative estimate of drug-likeness (QED) is 0.585. The summed E-state index contributed by atoms with van der Waals surface area (Å²) >= 11 is 3.57. The Bertz CT molecular complexity index is 213. The van der Waals surface area contributed by atoms with Crippen molar-refractivity contribution in [1.29, 1.82) is 0 Å². The van der Waals surface area contributed by atoms with Gasteiger partial charge in [0.25, 0.3) is 0 Å². The topological polar surface area (TPSA) is 12.5 Å². The maximum Gasteiger partial charge on any atom is 0.411 e. The van der Waals surface area contributed by atoms with E-state index >= 15 is 0 Å². The molecule has 0 aromatic carbocycles. The molecule has 1 heterocycles. The van der Waals surface area contributed by atoms with Crippen molar-refractivity contribution in [1.82, 2.24) is 4.90 Å². The SMILES string of the molecule is CC1CCN(CCOCC(F)(F)F)CC1Br. The third-order valence-electron chi connectivity index (χ3n) is 2.77. The molecule has 96 valence electrons. The standard InChI is InChI=1S/C10H17BrF3NO/c1-8-2-3-15(6-9(8)11)4-5-16-7-10(12,13)14/h8-9H,2-7H2,1H3. The lowest BCUT2D eigenvalue weighted by atomic mass is 9.99. The molecule has 2 atom stereocenters. The number of likely N-dealkylation sites (tertiary alicyclic amines) is 1. The number of hydrogen-bond acceptors (Lipinski definition) is 2. The van der Waals surface area contributed by atoms with Crippen molar-refractivity contribution in [3.8, 4) is 0 Å². The lowest BCUT2D eigenvalue weighted by Gasteiger charge is -2.34. The average Bonchev–Trinajstić information content (AvgIpc) is 2.17. The fraction of sp³-hybridized carbons (Fsp3) is 1.00. The predicted molar refractivity (Wildman–Crippen MR) is 59.8 cm³/mol. The highest BCUT2D eigenvalue weighted by molar-refractivity contribution is 9.09. The Labute approximate surface area is 102 Å². The maximum absolute atomic E-state index is 11.8. The number of ether oxygens (including phenoxy) is 1. The van der Waals surface area contributed by atoms with Crippen LogP contribution >= 0.6 is 15.9 Å². The number of piperidine rings is 1. The van der Waals surface area contributed by atoms with Gasteiger partial charge in [0, 0.05) is 17.9 Å². The van der Waals surface area contributed by atoms with Crippen molar-refractivity contribution in [3.63, 3.8) is 0 Å². The Morgan fingerprint density at radius 1 is 1.44 bits per heavy atom. The van der Waals surface area contributed by atoms with E-state index < -0.39 is 12.8 Å². The fourth-order valence-electron chi connectivity index (χ4n) is 1.67. The van der Waals surface area contributed by atoms with Gasteiger partial charge in [0.05, 0.1) is 6.61 Å². The summed E-state index contributed by atoms with van der Waals surface area (Å²) in [6.45, 7) is 3.58. The molecule has 0 amide bonds. The van der Waals surface area contributed by atoms with Gasteiger partial charge in [-0.25, -0.2) is 0 Å². The van der Waals surface area contributed by atoms with Crippen molar-refractivity contribution in [3.05, 3.63) is 0 Å². The van der Waals surface area contributed by atoms with Gasteiger partial charge < -0.3 is 4.74 Å². The third-order valence-corrected chi connectivity index (χ3v) is 3.96. The van der Waals surface area contributed by atoms with Crippen LogP contribution in [0.1, 0.15) is 13.3 Å². The molecule has 16 heavy (non-hydrogen) atoms. The lowest BCUT2D eigenvalue weighted by molar-refractivity contribution is -0.174. The number of hydrogen-bond donors (Lipinski definition) is 0. The minimum Gasteiger partial charge on any atom is -0.371 e. The zero-order valence-electron chi connectivity index (χ0n) is 9.26. The summed E-state index contributed by atoms with van der Waals surface area (Å²) in [6.07, 6.45) is -3.14. The van der Waals surface area contributed by atoms with E-state index in [0.717, 1.165) is 19.5 Å². The Morgan fingerprint density at radius 2 is 2.12 bits per heavy atom. The van der Waals surface area contributed by atoms with E-state index in [0.29, 0.717) is 17.3 Å². The van der Waals surface area contributed by atoms with Crippen LogP contribution in [0.4, 0.5) is 13.2 Å². The molecule has 0 bridgehead atoms. The van der Waals surface area contributed by atoms with E-state index in [4.69, 9.17) is 0 Å². The summed E-state index contributed by atoms with van der Waals surface area (Å²) in [4.78, 5) is 2.57. The molecule has 0 aliphatic carbocycles. The smallest absolute Gasteiger partial charge is 0.371 e. The zero-order valence-corrected chi connectivity index (χ0v) is 10.9. The molecule has 1 aliphatic heterocycles. The van der Waals surface area contributed by atoms with Crippen LogP contribution in [-0.2, 0) is 4.74 Å². The van der Waals surface area contributed by atoms with Crippen LogP contribution in [0.15, 0.2) is 0 Å². The Kier molecular flexibility index (Phi) is 5.53. The second kappa shape index (κ2) is 6.21. The Hall–Kier alpha value is 0.190. The van der Waals surface area contributed by atoms with Gasteiger partial charge >= 0.3 is 6.18 Å². The van der Waals surface area contributed by atoms with E-state index in [1.54, 1.807) is 0 Å². The molecule has 1 rings (SSSR count). The van der Waals surface area contributed by atoms with Gasteiger partial charge in [-0.15, -0.1) is 0 Å². The second-order valence-electron chi connectivity index (χ2n) is 4.25. The molecule has 2 unspecified atom stereocenters. The van der Waals surface area contributed by atoms with Crippen LogP contribution in [0.2, 0.25) is 0 Å². The number of rotatable bonds is 4. The molecule has 0 spiro atoms. The number of nitrogens with zero attached hydrogens (tertiary/aromatic N) is 1. The monoisotopic (exact) mass is 303 g/mol. The summed E-state index contributed by atoms with van der Waals surface area (Å²) in [5, 5.41) is 0. The predicted octanol–water partition coefficient (Wildman–Crippen LogP) is 2.67. The van der Waals surface area contributed by atoms with Gasteiger partial charge in [0.1, 0.15) is 6.61 Å². The molecule has 0 N–H and O–H groups in total. The molecule has 1 fully saturated rings. The summed E-state index contributed by atoms with van der Waals surface area (Å²) in [5.74, 6) is 0.632. The minimum absolute atomic E-state index is 0.146. The molecule has 0 aromatic rings. The molecule has 0 aromatic heterocycles. The molecule has 2 nitrogen and oxygen atoms in total. The Balaban J connectivity index is 2.10. The lowest BCUT2D eigenvalue weighted by Crippen LogP contribution is -2.41.